The fourth-order valence-electron chi connectivity index (χ4n) is 4.48. The van der Waals surface area contributed by atoms with Gasteiger partial charge in [0, 0.05) is 40.6 Å². The maximum Gasteiger partial charge on any atom is 0.340 e. The van der Waals surface area contributed by atoms with Crippen LogP contribution in [0.2, 0.25) is 0 Å². The maximum absolute atomic E-state index is 13.0. The van der Waals surface area contributed by atoms with Crippen LogP contribution in [-0.4, -0.2) is 17.2 Å². The van der Waals surface area contributed by atoms with Crippen molar-refractivity contribution in [3.8, 4) is 5.75 Å². The highest BCUT2D eigenvalue weighted by atomic mass is 16.6. The first-order valence-corrected chi connectivity index (χ1v) is 12.8. The lowest BCUT2D eigenvalue weighted by Crippen LogP contribution is -2.16. The van der Waals surface area contributed by atoms with Crippen LogP contribution in [-0.2, 0) is 6.42 Å². The number of nitro groups is 1. The summed E-state index contributed by atoms with van der Waals surface area (Å²) in [7, 11) is 0. The van der Waals surface area contributed by atoms with E-state index in [0.717, 1.165) is 27.6 Å². The molecule has 0 unspecified atom stereocenters. The number of nitro benzene ring substituents is 1. The molecule has 5 rings (SSSR count). The molecule has 0 saturated heterocycles. The first-order chi connectivity index (χ1) is 19.4. The monoisotopic (exact) mass is 533 g/mol. The second-order valence-corrected chi connectivity index (χ2v) is 9.35. The van der Waals surface area contributed by atoms with Crippen molar-refractivity contribution in [1.82, 2.24) is 0 Å². The van der Waals surface area contributed by atoms with E-state index in [1.165, 1.54) is 12.1 Å². The lowest BCUT2D eigenvalue weighted by atomic mass is 9.98. The molecule has 0 spiro atoms. The molecule has 200 valence electrons. The molecule has 1 N–H and O–H groups in total. The Morgan fingerprint density at radius 2 is 1.57 bits per heavy atom. The van der Waals surface area contributed by atoms with E-state index < -0.39 is 4.92 Å². The van der Waals surface area contributed by atoms with Crippen LogP contribution in [0, 0.1) is 24.0 Å². The van der Waals surface area contributed by atoms with Crippen LogP contribution in [0.5, 0.6) is 5.75 Å². The molecule has 1 heterocycles. The van der Waals surface area contributed by atoms with E-state index in [2.05, 4.69) is 10.5 Å². The summed E-state index contributed by atoms with van der Waals surface area (Å²) in [6.07, 6.45) is 0.501. The van der Waals surface area contributed by atoms with Crippen molar-refractivity contribution in [3.05, 3.63) is 145 Å². The SMILES string of the molecule is Cc1c(Cc2ccccc2)c(=O)oc2c(C)c(OCC(=NNc3ccc([N+](=O)[O-])cc3)c3ccccc3)ccc12. The van der Waals surface area contributed by atoms with Gasteiger partial charge in [0.2, 0.25) is 0 Å². The van der Waals surface area contributed by atoms with Crippen LogP contribution in [0.25, 0.3) is 11.0 Å². The van der Waals surface area contributed by atoms with Crippen LogP contribution >= 0.6 is 0 Å². The van der Waals surface area contributed by atoms with E-state index >= 15 is 0 Å². The summed E-state index contributed by atoms with van der Waals surface area (Å²) in [6.45, 7) is 3.94. The molecule has 1 aromatic heterocycles. The molecule has 0 radical (unpaired) electrons. The second-order valence-electron chi connectivity index (χ2n) is 9.35. The molecule has 0 amide bonds. The number of hydrogen-bond donors (Lipinski definition) is 1. The van der Waals surface area contributed by atoms with Gasteiger partial charge < -0.3 is 9.15 Å². The van der Waals surface area contributed by atoms with Crippen LogP contribution in [0.1, 0.15) is 27.8 Å². The van der Waals surface area contributed by atoms with E-state index in [4.69, 9.17) is 9.15 Å². The Labute approximate surface area is 230 Å². The van der Waals surface area contributed by atoms with Gasteiger partial charge in [0.05, 0.1) is 10.6 Å². The number of hydrogen-bond acceptors (Lipinski definition) is 7. The Hall–Kier alpha value is -5.24. The van der Waals surface area contributed by atoms with Gasteiger partial charge in [0.15, 0.2) is 0 Å². The van der Waals surface area contributed by atoms with Crippen molar-refractivity contribution < 1.29 is 14.1 Å². The zero-order valence-corrected chi connectivity index (χ0v) is 22.1. The molecule has 8 heteroatoms. The van der Waals surface area contributed by atoms with Gasteiger partial charge in [-0.25, -0.2) is 4.79 Å². The zero-order chi connectivity index (χ0) is 28.1. The minimum Gasteiger partial charge on any atom is -0.487 e. The third-order valence-corrected chi connectivity index (χ3v) is 6.75. The van der Waals surface area contributed by atoms with Gasteiger partial charge in [-0.1, -0.05) is 60.7 Å². The number of nitrogens with zero attached hydrogens (tertiary/aromatic N) is 2. The molecular weight excluding hydrogens is 506 g/mol. The first kappa shape index (κ1) is 26.4. The predicted octanol–water partition coefficient (Wildman–Crippen LogP) is 6.80. The highest BCUT2D eigenvalue weighted by molar-refractivity contribution is 6.02. The van der Waals surface area contributed by atoms with Crippen molar-refractivity contribution >= 4 is 28.1 Å². The normalized spacial score (nSPS) is 11.4. The van der Waals surface area contributed by atoms with E-state index in [-0.39, 0.29) is 17.9 Å². The Morgan fingerprint density at radius 3 is 2.25 bits per heavy atom. The molecule has 0 atom stereocenters. The third-order valence-electron chi connectivity index (χ3n) is 6.75. The minimum atomic E-state index is -0.449. The van der Waals surface area contributed by atoms with Crippen molar-refractivity contribution in [2.75, 3.05) is 12.0 Å². The number of nitrogens with one attached hydrogen (secondary N) is 1. The number of hydrazone groups is 1. The summed E-state index contributed by atoms with van der Waals surface area (Å²) in [6, 6.07) is 29.2. The van der Waals surface area contributed by atoms with Gasteiger partial charge in [0.25, 0.3) is 5.69 Å². The lowest BCUT2D eigenvalue weighted by Gasteiger charge is -2.14. The first-order valence-electron chi connectivity index (χ1n) is 12.8. The summed E-state index contributed by atoms with van der Waals surface area (Å²) in [4.78, 5) is 23.5. The van der Waals surface area contributed by atoms with Gasteiger partial charge in [-0.3, -0.25) is 15.5 Å². The fourth-order valence-corrected chi connectivity index (χ4v) is 4.48. The average Bonchev–Trinajstić information content (AvgIpc) is 2.98. The number of ether oxygens (including phenoxy) is 1. The largest absolute Gasteiger partial charge is 0.487 e. The highest BCUT2D eigenvalue weighted by Gasteiger charge is 2.16. The number of anilines is 1. The number of benzene rings is 4. The Kier molecular flexibility index (Phi) is 7.68. The molecular formula is C32H27N3O5. The van der Waals surface area contributed by atoms with E-state index in [1.54, 1.807) is 12.1 Å². The second kappa shape index (κ2) is 11.7. The van der Waals surface area contributed by atoms with Gasteiger partial charge in [-0.2, -0.15) is 5.10 Å². The van der Waals surface area contributed by atoms with Crippen LogP contribution in [0.3, 0.4) is 0 Å². The molecule has 0 aliphatic rings. The van der Waals surface area contributed by atoms with Crippen molar-refractivity contribution in [3.63, 3.8) is 0 Å². The molecule has 40 heavy (non-hydrogen) atoms. The van der Waals surface area contributed by atoms with Crippen molar-refractivity contribution in [2.24, 2.45) is 5.10 Å². The number of aryl methyl sites for hydroxylation is 2. The molecule has 0 aliphatic carbocycles. The maximum atomic E-state index is 13.0. The molecule has 4 aromatic carbocycles. The smallest absolute Gasteiger partial charge is 0.340 e. The van der Waals surface area contributed by atoms with Gasteiger partial charge in [-0.15, -0.1) is 0 Å². The molecule has 0 fully saturated rings. The Morgan fingerprint density at radius 1 is 0.900 bits per heavy atom. The van der Waals surface area contributed by atoms with E-state index in [0.29, 0.717) is 34.7 Å². The zero-order valence-electron chi connectivity index (χ0n) is 22.1. The topological polar surface area (TPSA) is 107 Å². The van der Waals surface area contributed by atoms with Crippen LogP contribution in [0.4, 0.5) is 11.4 Å². The molecule has 0 saturated carbocycles. The highest BCUT2D eigenvalue weighted by Crippen LogP contribution is 2.30. The van der Waals surface area contributed by atoms with Crippen molar-refractivity contribution in [1.29, 1.82) is 0 Å². The van der Waals surface area contributed by atoms with Crippen molar-refractivity contribution in [2.45, 2.75) is 20.3 Å². The third kappa shape index (κ3) is 5.76. The van der Waals surface area contributed by atoms with Gasteiger partial charge in [-0.05, 0) is 49.2 Å². The standard InChI is InChI=1S/C32H27N3O5/c1-21-27-17-18-30(22(2)31(27)40-32(36)28(21)19-23-9-5-3-6-10-23)39-20-29(24-11-7-4-8-12-24)34-33-25-13-15-26(16-14-25)35(37)38/h3-18,33H,19-20H2,1-2H3. The minimum absolute atomic E-state index is 0.00185. The van der Waals surface area contributed by atoms with E-state index in [1.807, 2.05) is 86.6 Å². The molecule has 8 nitrogen and oxygen atoms in total. The fraction of sp³-hybridized carbons (Fsp3) is 0.125. The summed E-state index contributed by atoms with van der Waals surface area (Å²) < 4.78 is 12.0. The molecule has 0 aliphatic heterocycles. The summed E-state index contributed by atoms with van der Waals surface area (Å²) in [5.74, 6) is 0.574. The van der Waals surface area contributed by atoms with Crippen LogP contribution in [0.15, 0.2) is 111 Å². The summed E-state index contributed by atoms with van der Waals surface area (Å²) >= 11 is 0. The van der Waals surface area contributed by atoms with Gasteiger partial charge in [0.1, 0.15) is 23.7 Å². The summed E-state index contributed by atoms with van der Waals surface area (Å²) in [5, 5.41) is 16.3. The average molecular weight is 534 g/mol. The molecule has 5 aromatic rings. The Bertz CT molecular complexity index is 1750. The number of rotatable bonds is 9. The Balaban J connectivity index is 1.41. The lowest BCUT2D eigenvalue weighted by molar-refractivity contribution is -0.384. The van der Waals surface area contributed by atoms with Gasteiger partial charge >= 0.3 is 5.63 Å². The van der Waals surface area contributed by atoms with E-state index in [9.17, 15) is 14.9 Å². The summed E-state index contributed by atoms with van der Waals surface area (Å²) in [5.41, 5.74) is 8.48. The quantitative estimate of drug-likeness (QED) is 0.0966. The number of fused-ring (bicyclic) bond motifs is 1. The van der Waals surface area contributed by atoms with Crippen LogP contribution < -0.4 is 15.8 Å². The molecule has 0 bridgehead atoms. The predicted molar refractivity (Wildman–Crippen MR) is 156 cm³/mol. The number of non-ortho nitro benzene ring substituents is 1.